The van der Waals surface area contributed by atoms with Crippen LogP contribution in [-0.4, -0.2) is 10.9 Å². The van der Waals surface area contributed by atoms with E-state index in [9.17, 15) is 13.6 Å². The lowest BCUT2D eigenvalue weighted by atomic mass is 10.0. The SMILES string of the molecule is O=C(Nc1c(F)cccc1F)c1nc2c(s1)-c1ccccc1CCC2. The second kappa shape index (κ2) is 6.37. The van der Waals surface area contributed by atoms with Gasteiger partial charge in [0, 0.05) is 0 Å². The number of amides is 1. The Morgan fingerprint density at radius 2 is 1.80 bits per heavy atom. The lowest BCUT2D eigenvalue weighted by Crippen LogP contribution is -2.14. The van der Waals surface area contributed by atoms with E-state index in [-0.39, 0.29) is 5.01 Å². The van der Waals surface area contributed by atoms with Crippen molar-refractivity contribution >= 4 is 22.9 Å². The van der Waals surface area contributed by atoms with Crippen LogP contribution >= 0.6 is 11.3 Å². The number of halogens is 2. The van der Waals surface area contributed by atoms with Crippen molar-refractivity contribution in [1.29, 1.82) is 0 Å². The Hall–Kier alpha value is -2.60. The van der Waals surface area contributed by atoms with E-state index < -0.39 is 23.2 Å². The van der Waals surface area contributed by atoms with Gasteiger partial charge in [0.05, 0.1) is 10.6 Å². The Kier molecular flexibility index (Phi) is 4.05. The highest BCUT2D eigenvalue weighted by atomic mass is 32.1. The van der Waals surface area contributed by atoms with E-state index >= 15 is 0 Å². The molecule has 0 atom stereocenters. The zero-order valence-electron chi connectivity index (χ0n) is 13.2. The highest BCUT2D eigenvalue weighted by Gasteiger charge is 2.23. The van der Waals surface area contributed by atoms with Gasteiger partial charge in [-0.25, -0.2) is 13.8 Å². The molecular weight excluding hydrogens is 342 g/mol. The minimum absolute atomic E-state index is 0.212. The van der Waals surface area contributed by atoms with E-state index in [0.29, 0.717) is 0 Å². The lowest BCUT2D eigenvalue weighted by molar-refractivity contribution is 0.102. The summed E-state index contributed by atoms with van der Waals surface area (Å²) in [4.78, 5) is 17.8. The summed E-state index contributed by atoms with van der Waals surface area (Å²) >= 11 is 1.26. The average Bonchev–Trinajstić information content (AvgIpc) is 2.95. The maximum Gasteiger partial charge on any atom is 0.284 e. The van der Waals surface area contributed by atoms with Gasteiger partial charge in [0.25, 0.3) is 5.91 Å². The summed E-state index contributed by atoms with van der Waals surface area (Å²) in [5, 5.41) is 2.51. The van der Waals surface area contributed by atoms with E-state index in [1.807, 2.05) is 18.2 Å². The van der Waals surface area contributed by atoms with Gasteiger partial charge in [0.1, 0.15) is 17.3 Å². The highest BCUT2D eigenvalue weighted by molar-refractivity contribution is 7.17. The molecule has 1 aromatic heterocycles. The quantitative estimate of drug-likeness (QED) is 0.715. The third kappa shape index (κ3) is 2.93. The molecule has 3 aromatic rings. The van der Waals surface area contributed by atoms with Crippen molar-refractivity contribution in [3.8, 4) is 10.4 Å². The molecule has 0 radical (unpaired) electrons. The fourth-order valence-corrected chi connectivity index (χ4v) is 4.09. The van der Waals surface area contributed by atoms with Crippen molar-refractivity contribution in [2.75, 3.05) is 5.32 Å². The molecule has 1 amide bonds. The fourth-order valence-electron chi connectivity index (χ4n) is 3.02. The summed E-state index contributed by atoms with van der Waals surface area (Å²) in [7, 11) is 0. The van der Waals surface area contributed by atoms with Crippen LogP contribution in [0.25, 0.3) is 10.4 Å². The number of nitrogens with zero attached hydrogens (tertiary/aromatic N) is 1. The highest BCUT2D eigenvalue weighted by Crippen LogP contribution is 2.37. The van der Waals surface area contributed by atoms with Gasteiger partial charge >= 0.3 is 0 Å². The van der Waals surface area contributed by atoms with Gasteiger partial charge in [0.15, 0.2) is 5.01 Å². The van der Waals surface area contributed by atoms with Gasteiger partial charge in [-0.05, 0) is 42.5 Å². The summed E-state index contributed by atoms with van der Waals surface area (Å²) in [6.07, 6.45) is 2.71. The standard InChI is InChI=1S/C19H14F2N2OS/c20-13-8-4-9-14(21)16(13)23-18(24)19-22-15-10-3-6-11-5-1-2-7-12(11)17(15)25-19/h1-2,4-5,7-9H,3,6,10H2,(H,23,24). The van der Waals surface area contributed by atoms with Crippen LogP contribution in [0.3, 0.4) is 0 Å². The second-order valence-corrected chi connectivity index (χ2v) is 6.86. The molecule has 25 heavy (non-hydrogen) atoms. The van der Waals surface area contributed by atoms with Crippen molar-refractivity contribution in [2.24, 2.45) is 0 Å². The van der Waals surface area contributed by atoms with Crippen LogP contribution in [-0.2, 0) is 12.8 Å². The first-order valence-corrected chi connectivity index (χ1v) is 8.78. The first kappa shape index (κ1) is 15.9. The Labute approximate surface area is 147 Å². The lowest BCUT2D eigenvalue weighted by Gasteiger charge is -2.05. The molecule has 6 heteroatoms. The van der Waals surface area contributed by atoms with Crippen LogP contribution in [0.15, 0.2) is 42.5 Å². The fraction of sp³-hybridized carbons (Fsp3) is 0.158. The Bertz CT molecular complexity index is 948. The number of thiazole rings is 1. The minimum atomic E-state index is -0.809. The molecule has 1 N–H and O–H groups in total. The number of para-hydroxylation sites is 1. The predicted molar refractivity (Wildman–Crippen MR) is 93.9 cm³/mol. The van der Waals surface area contributed by atoms with Gasteiger partial charge in [-0.1, -0.05) is 30.3 Å². The smallest absolute Gasteiger partial charge is 0.284 e. The monoisotopic (exact) mass is 356 g/mol. The van der Waals surface area contributed by atoms with Crippen molar-refractivity contribution in [3.63, 3.8) is 0 Å². The zero-order chi connectivity index (χ0) is 17.4. The number of benzene rings is 2. The number of anilines is 1. The van der Waals surface area contributed by atoms with E-state index in [1.165, 1.54) is 23.0 Å². The van der Waals surface area contributed by atoms with Gasteiger partial charge in [-0.2, -0.15) is 0 Å². The van der Waals surface area contributed by atoms with Crippen molar-refractivity contribution in [1.82, 2.24) is 4.98 Å². The maximum atomic E-state index is 13.7. The summed E-state index contributed by atoms with van der Waals surface area (Å²) < 4.78 is 27.5. The molecule has 0 saturated carbocycles. The Morgan fingerprint density at radius 1 is 1.04 bits per heavy atom. The van der Waals surface area contributed by atoms with Crippen LogP contribution in [0.2, 0.25) is 0 Å². The van der Waals surface area contributed by atoms with E-state index in [4.69, 9.17) is 0 Å². The van der Waals surface area contributed by atoms with Crippen molar-refractivity contribution in [2.45, 2.75) is 19.3 Å². The number of carbonyl (C=O) groups excluding carboxylic acids is 1. The number of carbonyl (C=O) groups is 1. The van der Waals surface area contributed by atoms with Gasteiger partial charge in [0.2, 0.25) is 0 Å². The molecule has 1 heterocycles. The van der Waals surface area contributed by atoms with E-state index in [0.717, 1.165) is 47.5 Å². The van der Waals surface area contributed by atoms with Crippen molar-refractivity contribution in [3.05, 3.63) is 70.4 Å². The molecule has 1 aliphatic carbocycles. The van der Waals surface area contributed by atoms with Gasteiger partial charge < -0.3 is 5.32 Å². The van der Waals surface area contributed by atoms with E-state index in [1.54, 1.807) is 0 Å². The van der Waals surface area contributed by atoms with Crippen LogP contribution in [0.5, 0.6) is 0 Å². The molecular formula is C19H14F2N2OS. The molecule has 2 aromatic carbocycles. The van der Waals surface area contributed by atoms with E-state index in [2.05, 4.69) is 16.4 Å². The molecule has 0 bridgehead atoms. The number of nitrogens with one attached hydrogen (secondary N) is 1. The van der Waals surface area contributed by atoms with Crippen LogP contribution in [0.1, 0.15) is 27.5 Å². The molecule has 126 valence electrons. The first-order chi connectivity index (χ1) is 12.1. The maximum absolute atomic E-state index is 13.7. The topological polar surface area (TPSA) is 42.0 Å². The summed E-state index contributed by atoms with van der Waals surface area (Å²) in [5.74, 6) is -2.21. The predicted octanol–water partition coefficient (Wildman–Crippen LogP) is 4.83. The summed E-state index contributed by atoms with van der Waals surface area (Å²) in [6.45, 7) is 0. The van der Waals surface area contributed by atoms with Gasteiger partial charge in [-0.15, -0.1) is 11.3 Å². The molecule has 0 spiro atoms. The average molecular weight is 356 g/mol. The van der Waals surface area contributed by atoms with Crippen LogP contribution < -0.4 is 5.32 Å². The number of aromatic nitrogens is 1. The van der Waals surface area contributed by atoms with Crippen LogP contribution in [0, 0.1) is 11.6 Å². The molecule has 3 nitrogen and oxygen atoms in total. The number of fused-ring (bicyclic) bond motifs is 3. The third-order valence-electron chi connectivity index (χ3n) is 4.21. The van der Waals surface area contributed by atoms with Gasteiger partial charge in [-0.3, -0.25) is 4.79 Å². The normalized spacial score (nSPS) is 12.9. The molecule has 0 saturated heterocycles. The largest absolute Gasteiger partial charge is 0.315 e. The number of hydrogen-bond acceptors (Lipinski definition) is 3. The van der Waals surface area contributed by atoms with Crippen LogP contribution in [0.4, 0.5) is 14.5 Å². The molecule has 1 aliphatic rings. The molecule has 0 unspecified atom stereocenters. The Morgan fingerprint density at radius 3 is 2.60 bits per heavy atom. The second-order valence-electron chi connectivity index (χ2n) is 5.86. The molecule has 0 aliphatic heterocycles. The number of rotatable bonds is 2. The Balaban J connectivity index is 1.69. The molecule has 4 rings (SSSR count). The number of aryl methyl sites for hydroxylation is 2. The zero-order valence-corrected chi connectivity index (χ0v) is 14.0. The first-order valence-electron chi connectivity index (χ1n) is 7.97. The third-order valence-corrected chi connectivity index (χ3v) is 5.34. The summed E-state index contributed by atoms with van der Waals surface area (Å²) in [6, 6.07) is 11.5. The minimum Gasteiger partial charge on any atom is -0.315 e. The molecule has 0 fully saturated rings. The summed E-state index contributed by atoms with van der Waals surface area (Å²) in [5.41, 5.74) is 2.74. The number of hydrogen-bond donors (Lipinski definition) is 1. The van der Waals surface area contributed by atoms with Crippen molar-refractivity contribution < 1.29 is 13.6 Å².